The van der Waals surface area contributed by atoms with E-state index in [0.717, 1.165) is 5.56 Å². The number of hydrogen-bond donors (Lipinski definition) is 4. The van der Waals surface area contributed by atoms with Crippen molar-refractivity contribution >= 4 is 103 Å². The number of phenolic OH excluding ortho intramolecular Hbond substituents is 1. The molecule has 10 aromatic rings. The molecular weight excluding hydrogens is 1560 g/mol. The summed E-state index contributed by atoms with van der Waals surface area (Å²) in [7, 11) is 16.8. The summed E-state index contributed by atoms with van der Waals surface area (Å²) >= 11 is 38.7. The number of alkyl halides is 1. The third-order valence-corrected chi connectivity index (χ3v) is 16.3. The van der Waals surface area contributed by atoms with Crippen LogP contribution in [0.4, 0.5) is 0 Å². The van der Waals surface area contributed by atoms with Crippen LogP contribution >= 0.6 is 85.5 Å². The second-order valence-electron chi connectivity index (χ2n) is 20.3. The van der Waals surface area contributed by atoms with Gasteiger partial charge in [-0.2, -0.15) is 0 Å². The Kier molecular flexibility index (Phi) is 35.6. The minimum absolute atomic E-state index is 0.0455. The Hall–Kier alpha value is -10.2. The Labute approximate surface area is 644 Å². The van der Waals surface area contributed by atoms with Crippen LogP contribution in [0, 0.1) is 0 Å². The first-order valence-corrected chi connectivity index (χ1v) is 33.6. The maximum Gasteiger partial charge on any atom is 0.343 e. The molecule has 0 aliphatic heterocycles. The molecule has 105 heavy (non-hydrogen) atoms. The highest BCUT2D eigenvalue weighted by Crippen LogP contribution is 2.40. The highest BCUT2D eigenvalue weighted by molar-refractivity contribution is 9.08. The van der Waals surface area contributed by atoms with Gasteiger partial charge >= 0.3 is 17.9 Å². The number of rotatable bonds is 23. The molecule has 0 aliphatic rings. The van der Waals surface area contributed by atoms with Crippen molar-refractivity contribution in [2.45, 2.75) is 11.9 Å². The number of phenols is 1. The van der Waals surface area contributed by atoms with Crippen molar-refractivity contribution in [1.29, 1.82) is 0 Å². The van der Waals surface area contributed by atoms with E-state index in [1.807, 2.05) is 18.2 Å². The first-order chi connectivity index (χ1) is 50.4. The lowest BCUT2D eigenvalue weighted by Crippen LogP contribution is -2.04. The van der Waals surface area contributed by atoms with E-state index >= 15 is 0 Å². The number of methoxy groups -OCH3 is 11. The van der Waals surface area contributed by atoms with Gasteiger partial charge in [0.15, 0.2) is 0 Å². The van der Waals surface area contributed by atoms with E-state index in [-0.39, 0.29) is 60.6 Å². The number of carbonyl (C=O) groups is 3. The third-order valence-electron chi connectivity index (χ3n) is 13.7. The molecule has 10 aromatic carbocycles. The molecule has 0 aliphatic carbocycles. The van der Waals surface area contributed by atoms with Gasteiger partial charge in [0, 0.05) is 117 Å². The Morgan fingerprint density at radius 2 is 0.543 bits per heavy atom. The van der Waals surface area contributed by atoms with Crippen LogP contribution < -0.4 is 66.3 Å². The monoisotopic (exact) mass is 1620 g/mol. The van der Waals surface area contributed by atoms with Gasteiger partial charge in [0.05, 0.1) is 110 Å². The number of aliphatic hydroxyl groups is 1. The third kappa shape index (κ3) is 26.2. The maximum atomic E-state index is 11.9. The quantitative estimate of drug-likeness (QED) is 0.0342. The number of esters is 1. The Bertz CT molecular complexity index is 4290. The molecule has 29 heteroatoms. The molecule has 0 amide bonds. The van der Waals surface area contributed by atoms with Gasteiger partial charge in [-0.3, -0.25) is 0 Å². The fourth-order valence-electron chi connectivity index (χ4n) is 8.60. The predicted molar refractivity (Wildman–Crippen MR) is 406 cm³/mol. The molecule has 0 atom stereocenters. The summed E-state index contributed by atoms with van der Waals surface area (Å²) in [4.78, 5) is 33.6. The van der Waals surface area contributed by atoms with Gasteiger partial charge in [0.2, 0.25) is 0 Å². The summed E-state index contributed by atoms with van der Waals surface area (Å²) in [6.45, 7) is -0.198. The molecule has 0 heterocycles. The minimum atomic E-state index is -1.16. The van der Waals surface area contributed by atoms with Crippen LogP contribution in [0.2, 0.25) is 30.1 Å². The Balaban J connectivity index is 0.000000230. The number of halogens is 7. The van der Waals surface area contributed by atoms with E-state index < -0.39 is 17.9 Å². The number of carbonyl (C=O) groups excluding carboxylic acids is 1. The molecule has 0 spiro atoms. The Morgan fingerprint density at radius 3 is 0.819 bits per heavy atom. The van der Waals surface area contributed by atoms with Crippen molar-refractivity contribution < 1.29 is 106 Å². The molecule has 0 bridgehead atoms. The average Bonchev–Trinajstić information content (AvgIpc) is 0.813. The van der Waals surface area contributed by atoms with Crippen molar-refractivity contribution in [1.82, 2.24) is 0 Å². The number of hydrogen-bond acceptors (Lipinski definition) is 20. The summed E-state index contributed by atoms with van der Waals surface area (Å²) in [6.07, 6.45) is 0. The highest BCUT2D eigenvalue weighted by atomic mass is 79.9. The summed E-state index contributed by atoms with van der Waals surface area (Å²) < 4.78 is 79.0. The molecule has 0 unspecified atom stereocenters. The smallest absolute Gasteiger partial charge is 0.343 e. The molecule has 556 valence electrons. The zero-order valence-electron chi connectivity index (χ0n) is 58.0. The van der Waals surface area contributed by atoms with E-state index in [1.165, 1.54) is 86.2 Å². The minimum Gasteiger partial charge on any atom is -0.508 e. The number of aliphatic hydroxyl groups excluding tert-OH is 1. The van der Waals surface area contributed by atoms with Gasteiger partial charge < -0.3 is 91.5 Å². The predicted octanol–water partition coefficient (Wildman–Crippen LogP) is 20.6. The second kappa shape index (κ2) is 43.8. The number of carboxylic acid groups (broad SMARTS) is 2. The zero-order chi connectivity index (χ0) is 77.3. The second-order valence-corrected chi connectivity index (χ2v) is 23.3. The van der Waals surface area contributed by atoms with Crippen molar-refractivity contribution in [3.8, 4) is 109 Å². The van der Waals surface area contributed by atoms with Crippen molar-refractivity contribution in [2.24, 2.45) is 0 Å². The molecule has 22 nitrogen and oxygen atoms in total. The summed E-state index contributed by atoms with van der Waals surface area (Å²) in [5.41, 5.74) is 1.46. The highest BCUT2D eigenvalue weighted by Gasteiger charge is 2.21. The van der Waals surface area contributed by atoms with Gasteiger partial charge in [-0.1, -0.05) is 116 Å². The normalized spacial score (nSPS) is 9.97. The van der Waals surface area contributed by atoms with E-state index in [9.17, 15) is 24.6 Å². The molecule has 10 rings (SSSR count). The molecule has 0 saturated carbocycles. The number of aromatic carboxylic acids is 2. The van der Waals surface area contributed by atoms with Crippen molar-refractivity contribution in [3.05, 3.63) is 240 Å². The molecule has 0 fully saturated rings. The average molecular weight is 1630 g/mol. The van der Waals surface area contributed by atoms with Crippen LogP contribution in [0.5, 0.6) is 109 Å². The zero-order valence-corrected chi connectivity index (χ0v) is 64.1. The SMILES string of the molecule is COC(=O)c1c(Cl)cccc1Oc1cc(OC)cc(OC)c1.COc1cc(O)cc(OC)c1.COc1cc(OC)cc(Oc2cccc(Cl)c2C(=O)O)c1.COc1cc(OC)cc(Oc2cccc(Cl)c2CBr)c1.COc1cc(OC)cc(Oc2cccc(Cl)c2CO)c1.O=C(O)c1c(Cl)cccc1Cl. The van der Waals surface area contributed by atoms with Crippen molar-refractivity contribution in [2.75, 3.05) is 78.2 Å². The van der Waals surface area contributed by atoms with Gasteiger partial charge in [-0.15, -0.1) is 0 Å². The van der Waals surface area contributed by atoms with Crippen LogP contribution in [0.3, 0.4) is 0 Å². The topological polar surface area (TPSA) is 271 Å². The molecule has 0 aromatic heterocycles. The molecule has 0 saturated heterocycles. The number of benzene rings is 10. The van der Waals surface area contributed by atoms with E-state index in [2.05, 4.69) is 15.9 Å². The first-order valence-electron chi connectivity index (χ1n) is 30.2. The largest absolute Gasteiger partial charge is 0.508 e. The van der Waals surface area contributed by atoms with E-state index in [0.29, 0.717) is 113 Å². The number of carboxylic acids is 2. The van der Waals surface area contributed by atoms with Crippen LogP contribution in [-0.4, -0.2) is 117 Å². The van der Waals surface area contributed by atoms with Gasteiger partial charge in [0.1, 0.15) is 120 Å². The fourth-order valence-corrected chi connectivity index (χ4v) is 10.8. The van der Waals surface area contributed by atoms with E-state index in [1.54, 1.807) is 156 Å². The molecular formula is C76H71BrCl6O22. The van der Waals surface area contributed by atoms with Gasteiger partial charge in [-0.25, -0.2) is 14.4 Å². The number of ether oxygens (including phenoxy) is 15. The molecule has 4 N–H and O–H groups in total. The van der Waals surface area contributed by atoms with Crippen LogP contribution in [0.25, 0.3) is 0 Å². The Morgan fingerprint density at radius 1 is 0.314 bits per heavy atom. The maximum absolute atomic E-state index is 11.9. The van der Waals surface area contributed by atoms with E-state index in [4.69, 9.17) is 151 Å². The summed E-state index contributed by atoms with van der Waals surface area (Å²) in [6, 6.07) is 50.1. The summed E-state index contributed by atoms with van der Waals surface area (Å²) in [5, 5.41) is 38.7. The van der Waals surface area contributed by atoms with Gasteiger partial charge in [-0.05, 0) is 60.7 Å². The van der Waals surface area contributed by atoms with Crippen LogP contribution in [-0.2, 0) is 16.7 Å². The lowest BCUT2D eigenvalue weighted by atomic mass is 10.2. The van der Waals surface area contributed by atoms with Crippen LogP contribution in [0.15, 0.2) is 182 Å². The van der Waals surface area contributed by atoms with Crippen molar-refractivity contribution in [3.63, 3.8) is 0 Å². The summed E-state index contributed by atoms with van der Waals surface area (Å²) in [5.74, 6) is 6.86. The van der Waals surface area contributed by atoms with Crippen LogP contribution in [0.1, 0.15) is 42.2 Å². The fraction of sp³-hybridized carbons (Fsp3) is 0.171. The standard InChI is InChI=1S/C16H15ClO5.C15H14BrClO3.C15H13ClO5.C15H15ClO4.C8H10O3.C7H4Cl2O2/c1-19-10-7-11(20-2)9-12(8-10)22-14-6-4-5-13(17)15(14)16(18)21-3;1-18-10-6-11(19-2)8-12(7-10)20-15-5-3-4-14(17)13(15)9-16;1-19-9-6-10(20-2)8-11(7-9)21-13-5-3-4-12(16)14(13)15(17)18;1-18-10-6-11(19-2)8-12(7-10)20-15-5-3-4-14(16)13(15)9-17;1-10-7-3-6(9)4-8(5-7)11-2;8-4-2-1-3-5(9)6(4)7(10)11/h4-9H,1-3H3;3-8H,9H2,1-2H3;3-8H,1-2H3,(H,17,18);3-8,17H,9H2,1-2H3;3-5,9H,1-2H3;1-3H,(H,10,11). The first kappa shape index (κ1) is 85.4. The number of aromatic hydroxyl groups is 1. The van der Waals surface area contributed by atoms with Gasteiger partial charge in [0.25, 0.3) is 0 Å². The molecule has 0 radical (unpaired) electrons. The lowest BCUT2D eigenvalue weighted by molar-refractivity contribution is 0.0596. The lowest BCUT2D eigenvalue weighted by Gasteiger charge is -2.13.